The molecule has 2 heteroatoms. The first-order valence-electron chi connectivity index (χ1n) is 4.66. The molecule has 0 fully saturated rings. The maximum Gasteiger partial charge on any atom is 0.135 e. The fraction of sp³-hybridized carbons (Fsp3) is 0.900. The second-order valence-corrected chi connectivity index (χ2v) is 4.00. The zero-order valence-corrected chi connectivity index (χ0v) is 8.74. The lowest BCUT2D eigenvalue weighted by molar-refractivity contribution is -0.125. The van der Waals surface area contributed by atoms with E-state index in [1.165, 1.54) is 0 Å². The molecule has 0 atom stereocenters. The van der Waals surface area contributed by atoms with Crippen LogP contribution in [-0.4, -0.2) is 19.4 Å². The summed E-state index contributed by atoms with van der Waals surface area (Å²) < 4.78 is 0. The topological polar surface area (TPSA) is 29.1 Å². The molecule has 0 aromatic carbocycles. The molecule has 1 N–H and O–H groups in total. The van der Waals surface area contributed by atoms with Crippen molar-refractivity contribution in [2.45, 2.75) is 40.0 Å². The Kier molecular flexibility index (Phi) is 5.14. The molecule has 12 heavy (non-hydrogen) atoms. The predicted molar refractivity (Wildman–Crippen MR) is 52.2 cm³/mol. The van der Waals surface area contributed by atoms with E-state index in [9.17, 15) is 4.79 Å². The third kappa shape index (κ3) is 4.50. The Morgan fingerprint density at radius 3 is 2.33 bits per heavy atom. The number of nitrogens with one attached hydrogen (secondary N) is 1. The fourth-order valence-corrected chi connectivity index (χ4v) is 1.04. The quantitative estimate of drug-likeness (QED) is 0.619. The molecule has 0 aliphatic carbocycles. The third-order valence-electron chi connectivity index (χ3n) is 2.43. The van der Waals surface area contributed by atoms with Crippen molar-refractivity contribution in [2.24, 2.45) is 5.41 Å². The average Bonchev–Trinajstić information content (AvgIpc) is 1.98. The van der Waals surface area contributed by atoms with Crippen molar-refractivity contribution >= 4 is 5.78 Å². The third-order valence-corrected chi connectivity index (χ3v) is 2.43. The van der Waals surface area contributed by atoms with Gasteiger partial charge in [0.25, 0.3) is 0 Å². The van der Waals surface area contributed by atoms with Crippen LogP contribution in [0.4, 0.5) is 0 Å². The highest BCUT2D eigenvalue weighted by atomic mass is 16.1. The van der Waals surface area contributed by atoms with E-state index in [2.05, 4.69) is 5.32 Å². The van der Waals surface area contributed by atoms with Gasteiger partial charge in [-0.1, -0.05) is 20.3 Å². The molecule has 0 amide bonds. The summed E-state index contributed by atoms with van der Waals surface area (Å²) in [6.45, 7) is 6.77. The van der Waals surface area contributed by atoms with Gasteiger partial charge in [0.05, 0.1) is 0 Å². The standard InChI is InChI=1S/C10H21NO/c1-9(12)10(2,3)7-5-6-8-11-4/h11H,5-8H2,1-4H3. The monoisotopic (exact) mass is 171 g/mol. The first kappa shape index (κ1) is 11.6. The first-order chi connectivity index (χ1) is 5.50. The summed E-state index contributed by atoms with van der Waals surface area (Å²) in [5, 5.41) is 3.10. The summed E-state index contributed by atoms with van der Waals surface area (Å²) >= 11 is 0. The number of carbonyl (C=O) groups is 1. The lowest BCUT2D eigenvalue weighted by Gasteiger charge is -2.20. The number of hydrogen-bond acceptors (Lipinski definition) is 2. The SMILES string of the molecule is CNCCCCC(C)(C)C(C)=O. The zero-order chi connectivity index (χ0) is 9.61. The van der Waals surface area contributed by atoms with Crippen molar-refractivity contribution in [1.82, 2.24) is 5.32 Å². The van der Waals surface area contributed by atoms with Crippen LogP contribution in [0.15, 0.2) is 0 Å². The van der Waals surface area contributed by atoms with Crippen molar-refractivity contribution in [1.29, 1.82) is 0 Å². The Bertz CT molecular complexity index is 141. The van der Waals surface area contributed by atoms with Crippen molar-refractivity contribution in [3.05, 3.63) is 0 Å². The van der Waals surface area contributed by atoms with Gasteiger partial charge in [-0.25, -0.2) is 0 Å². The van der Waals surface area contributed by atoms with Crippen LogP contribution in [0.5, 0.6) is 0 Å². The molecule has 0 aromatic rings. The van der Waals surface area contributed by atoms with Crippen LogP contribution >= 0.6 is 0 Å². The van der Waals surface area contributed by atoms with Crippen molar-refractivity contribution in [3.8, 4) is 0 Å². The van der Waals surface area contributed by atoms with Crippen molar-refractivity contribution in [2.75, 3.05) is 13.6 Å². The minimum absolute atomic E-state index is 0.117. The van der Waals surface area contributed by atoms with E-state index < -0.39 is 0 Å². The van der Waals surface area contributed by atoms with E-state index in [0.29, 0.717) is 5.78 Å². The molecule has 0 saturated carbocycles. The van der Waals surface area contributed by atoms with Crippen LogP contribution in [0.2, 0.25) is 0 Å². The summed E-state index contributed by atoms with van der Waals surface area (Å²) in [6.07, 6.45) is 3.30. The number of unbranched alkanes of at least 4 members (excludes halogenated alkanes) is 1. The fourth-order valence-electron chi connectivity index (χ4n) is 1.04. The van der Waals surface area contributed by atoms with E-state index in [1.54, 1.807) is 6.92 Å². The molecule has 0 aromatic heterocycles. The van der Waals surface area contributed by atoms with Crippen LogP contribution in [0.25, 0.3) is 0 Å². The molecule has 0 unspecified atom stereocenters. The van der Waals surface area contributed by atoms with Gasteiger partial charge in [0.15, 0.2) is 0 Å². The minimum Gasteiger partial charge on any atom is -0.320 e. The van der Waals surface area contributed by atoms with Gasteiger partial charge >= 0.3 is 0 Å². The number of rotatable bonds is 6. The van der Waals surface area contributed by atoms with E-state index in [-0.39, 0.29) is 5.41 Å². The van der Waals surface area contributed by atoms with Gasteiger partial charge in [0.1, 0.15) is 5.78 Å². The first-order valence-corrected chi connectivity index (χ1v) is 4.66. The number of Topliss-reactive ketones (excluding diaryl/α,β-unsaturated/α-hetero) is 1. The Hall–Kier alpha value is -0.370. The lowest BCUT2D eigenvalue weighted by Crippen LogP contribution is -2.21. The van der Waals surface area contributed by atoms with Crippen LogP contribution in [-0.2, 0) is 4.79 Å². The van der Waals surface area contributed by atoms with Crippen LogP contribution in [0.1, 0.15) is 40.0 Å². The van der Waals surface area contributed by atoms with Gasteiger partial charge in [-0.15, -0.1) is 0 Å². The highest BCUT2D eigenvalue weighted by molar-refractivity contribution is 5.81. The Morgan fingerprint density at radius 2 is 1.92 bits per heavy atom. The molecule has 72 valence electrons. The smallest absolute Gasteiger partial charge is 0.135 e. The number of ketones is 1. The van der Waals surface area contributed by atoms with Gasteiger partial charge in [0.2, 0.25) is 0 Å². The van der Waals surface area contributed by atoms with E-state index in [0.717, 1.165) is 25.8 Å². The zero-order valence-electron chi connectivity index (χ0n) is 8.74. The largest absolute Gasteiger partial charge is 0.320 e. The summed E-state index contributed by atoms with van der Waals surface area (Å²) in [5.41, 5.74) is -0.117. The van der Waals surface area contributed by atoms with Gasteiger partial charge < -0.3 is 5.32 Å². The molecule has 0 rings (SSSR count). The molecule has 0 heterocycles. The lowest BCUT2D eigenvalue weighted by atomic mass is 9.83. The van der Waals surface area contributed by atoms with Crippen molar-refractivity contribution < 1.29 is 4.79 Å². The average molecular weight is 171 g/mol. The van der Waals surface area contributed by atoms with Gasteiger partial charge in [-0.3, -0.25) is 4.79 Å². The molecule has 0 saturated heterocycles. The van der Waals surface area contributed by atoms with Crippen LogP contribution in [0, 0.1) is 5.41 Å². The Balaban J connectivity index is 3.54. The summed E-state index contributed by atoms with van der Waals surface area (Å²) in [6, 6.07) is 0. The van der Waals surface area contributed by atoms with E-state index in [1.807, 2.05) is 20.9 Å². The number of carbonyl (C=O) groups excluding carboxylic acids is 1. The van der Waals surface area contributed by atoms with Gasteiger partial charge in [-0.2, -0.15) is 0 Å². The maximum absolute atomic E-state index is 11.1. The molecule has 0 spiro atoms. The maximum atomic E-state index is 11.1. The molecule has 0 radical (unpaired) electrons. The van der Waals surface area contributed by atoms with Crippen molar-refractivity contribution in [3.63, 3.8) is 0 Å². The normalized spacial score (nSPS) is 11.7. The molecule has 0 aliphatic heterocycles. The summed E-state index contributed by atoms with van der Waals surface area (Å²) in [5.74, 6) is 0.298. The molecular formula is C10H21NO. The highest BCUT2D eigenvalue weighted by Crippen LogP contribution is 2.23. The van der Waals surface area contributed by atoms with E-state index >= 15 is 0 Å². The second-order valence-electron chi connectivity index (χ2n) is 4.00. The van der Waals surface area contributed by atoms with Gasteiger partial charge in [-0.05, 0) is 33.4 Å². The Labute approximate surface area is 75.7 Å². The number of hydrogen-bond donors (Lipinski definition) is 1. The van der Waals surface area contributed by atoms with Crippen LogP contribution < -0.4 is 5.32 Å². The predicted octanol–water partition coefficient (Wildman–Crippen LogP) is 1.99. The van der Waals surface area contributed by atoms with E-state index in [4.69, 9.17) is 0 Å². The molecule has 0 aliphatic rings. The molecule has 2 nitrogen and oxygen atoms in total. The van der Waals surface area contributed by atoms with Gasteiger partial charge in [0, 0.05) is 5.41 Å². The minimum atomic E-state index is -0.117. The molecular weight excluding hydrogens is 150 g/mol. The second kappa shape index (κ2) is 5.31. The highest BCUT2D eigenvalue weighted by Gasteiger charge is 2.22. The summed E-state index contributed by atoms with van der Waals surface area (Å²) in [7, 11) is 1.95. The van der Waals surface area contributed by atoms with Crippen LogP contribution in [0.3, 0.4) is 0 Å². The molecule has 0 bridgehead atoms. The Morgan fingerprint density at radius 1 is 1.33 bits per heavy atom. The summed E-state index contributed by atoms with van der Waals surface area (Å²) in [4.78, 5) is 11.1.